The summed E-state index contributed by atoms with van der Waals surface area (Å²) >= 11 is 0. The Kier molecular flexibility index (Phi) is 3.79. The molecule has 0 aliphatic carbocycles. The van der Waals surface area contributed by atoms with Gasteiger partial charge in [0.25, 0.3) is 11.8 Å². The van der Waals surface area contributed by atoms with E-state index in [1.807, 2.05) is 30.3 Å². The number of hydrogen-bond donors (Lipinski definition) is 1. The van der Waals surface area contributed by atoms with Gasteiger partial charge in [-0.25, -0.2) is 4.79 Å². The van der Waals surface area contributed by atoms with Crippen molar-refractivity contribution in [2.75, 3.05) is 0 Å². The Hall–Kier alpha value is -2.37. The standard InChI is InChI=1S/C13H14N2O4/c1-9(10-5-3-2-4-6-10)14-13(18)19-15-11(16)7-8-12(15)17/h2-6,9H,7-8H2,1H3,(H,14,18)/t9-/m0/s1. The smallest absolute Gasteiger partial charge is 0.313 e. The SMILES string of the molecule is C[C@H](NC(=O)ON1C(=O)CCC1=O)c1ccccc1. The largest absolute Gasteiger partial charge is 0.432 e. The lowest BCUT2D eigenvalue weighted by Gasteiger charge is -2.17. The van der Waals surface area contributed by atoms with E-state index in [0.29, 0.717) is 5.06 Å². The van der Waals surface area contributed by atoms with Gasteiger partial charge in [-0.2, -0.15) is 0 Å². The molecule has 100 valence electrons. The summed E-state index contributed by atoms with van der Waals surface area (Å²) in [6.45, 7) is 1.78. The molecule has 6 nitrogen and oxygen atoms in total. The van der Waals surface area contributed by atoms with Crippen LogP contribution in [-0.2, 0) is 14.4 Å². The summed E-state index contributed by atoms with van der Waals surface area (Å²) < 4.78 is 0. The average molecular weight is 262 g/mol. The first kappa shape index (κ1) is 13.1. The van der Waals surface area contributed by atoms with Gasteiger partial charge >= 0.3 is 6.09 Å². The second-order valence-electron chi connectivity index (χ2n) is 4.24. The van der Waals surface area contributed by atoms with Crippen LogP contribution >= 0.6 is 0 Å². The van der Waals surface area contributed by atoms with E-state index in [0.717, 1.165) is 5.56 Å². The molecule has 1 aliphatic heterocycles. The Balaban J connectivity index is 1.91. The topological polar surface area (TPSA) is 75.7 Å². The number of benzene rings is 1. The molecule has 19 heavy (non-hydrogen) atoms. The minimum absolute atomic E-state index is 0.0837. The minimum Gasteiger partial charge on any atom is -0.313 e. The van der Waals surface area contributed by atoms with Crippen LogP contribution in [0, 0.1) is 0 Å². The highest BCUT2D eigenvalue weighted by Crippen LogP contribution is 2.14. The number of amides is 3. The monoisotopic (exact) mass is 262 g/mol. The van der Waals surface area contributed by atoms with Crippen molar-refractivity contribution in [3.63, 3.8) is 0 Å². The third-order valence-electron chi connectivity index (χ3n) is 2.81. The van der Waals surface area contributed by atoms with Crippen LogP contribution in [0.25, 0.3) is 0 Å². The van der Waals surface area contributed by atoms with Gasteiger partial charge in [0.05, 0.1) is 6.04 Å². The summed E-state index contributed by atoms with van der Waals surface area (Å²) in [7, 11) is 0. The van der Waals surface area contributed by atoms with Crippen LogP contribution in [0.15, 0.2) is 30.3 Å². The van der Waals surface area contributed by atoms with Crippen LogP contribution in [0.3, 0.4) is 0 Å². The number of nitrogens with zero attached hydrogens (tertiary/aromatic N) is 1. The number of hydroxylamine groups is 2. The molecule has 0 aromatic heterocycles. The molecule has 1 aliphatic rings. The van der Waals surface area contributed by atoms with Crippen molar-refractivity contribution in [2.45, 2.75) is 25.8 Å². The molecule has 3 amide bonds. The molecule has 1 saturated heterocycles. The maximum atomic E-state index is 11.6. The van der Waals surface area contributed by atoms with Crippen LogP contribution in [0.5, 0.6) is 0 Å². The molecule has 0 spiro atoms. The molecule has 6 heteroatoms. The van der Waals surface area contributed by atoms with Crippen LogP contribution < -0.4 is 5.32 Å². The first-order valence-electron chi connectivity index (χ1n) is 5.97. The van der Waals surface area contributed by atoms with Gasteiger partial charge in [0.1, 0.15) is 0 Å². The first-order chi connectivity index (χ1) is 9.08. The molecule has 1 heterocycles. The quantitative estimate of drug-likeness (QED) is 0.838. The predicted octanol–water partition coefficient (Wildman–Crippen LogP) is 1.54. The summed E-state index contributed by atoms with van der Waals surface area (Å²) in [5.41, 5.74) is 0.901. The highest BCUT2D eigenvalue weighted by molar-refractivity contribution is 6.01. The molecule has 2 rings (SSSR count). The summed E-state index contributed by atoms with van der Waals surface area (Å²) in [6, 6.07) is 9.02. The summed E-state index contributed by atoms with van der Waals surface area (Å²) in [4.78, 5) is 38.9. The summed E-state index contributed by atoms with van der Waals surface area (Å²) in [5.74, 6) is -0.986. The van der Waals surface area contributed by atoms with Gasteiger partial charge in [0, 0.05) is 12.8 Å². The van der Waals surface area contributed by atoms with Crippen LogP contribution in [0.4, 0.5) is 4.79 Å². The molecule has 1 fully saturated rings. The van der Waals surface area contributed by atoms with Gasteiger partial charge in [-0.05, 0) is 12.5 Å². The van der Waals surface area contributed by atoms with E-state index in [1.54, 1.807) is 6.92 Å². The number of nitrogens with one attached hydrogen (secondary N) is 1. The fourth-order valence-electron chi connectivity index (χ4n) is 1.77. The van der Waals surface area contributed by atoms with Crippen molar-refractivity contribution in [3.8, 4) is 0 Å². The molecule has 0 bridgehead atoms. The zero-order valence-electron chi connectivity index (χ0n) is 10.5. The first-order valence-corrected chi connectivity index (χ1v) is 5.97. The Labute approximate surface area is 110 Å². The zero-order chi connectivity index (χ0) is 13.8. The molecule has 0 saturated carbocycles. The molecule has 0 unspecified atom stereocenters. The number of carbonyl (C=O) groups excluding carboxylic acids is 3. The third-order valence-corrected chi connectivity index (χ3v) is 2.81. The number of carbonyl (C=O) groups is 3. The molecule has 0 radical (unpaired) electrons. The second-order valence-corrected chi connectivity index (χ2v) is 4.24. The fourth-order valence-corrected chi connectivity index (χ4v) is 1.77. The van der Waals surface area contributed by atoms with Gasteiger partial charge in [-0.3, -0.25) is 9.59 Å². The molecule has 1 aromatic carbocycles. The van der Waals surface area contributed by atoms with E-state index < -0.39 is 17.9 Å². The summed E-state index contributed by atoms with van der Waals surface area (Å²) in [6.07, 6.45) is -0.652. The molecular formula is C13H14N2O4. The minimum atomic E-state index is -0.819. The van der Waals surface area contributed by atoms with E-state index in [9.17, 15) is 14.4 Å². The molecular weight excluding hydrogens is 248 g/mol. The van der Waals surface area contributed by atoms with Crippen LogP contribution in [0.2, 0.25) is 0 Å². The highest BCUT2D eigenvalue weighted by Gasteiger charge is 2.33. The zero-order valence-corrected chi connectivity index (χ0v) is 10.5. The van der Waals surface area contributed by atoms with E-state index >= 15 is 0 Å². The van der Waals surface area contributed by atoms with Crippen molar-refractivity contribution in [1.82, 2.24) is 10.4 Å². The van der Waals surface area contributed by atoms with Crippen molar-refractivity contribution < 1.29 is 19.2 Å². The van der Waals surface area contributed by atoms with Crippen molar-refractivity contribution in [1.29, 1.82) is 0 Å². The molecule has 1 atom stereocenters. The van der Waals surface area contributed by atoms with Gasteiger partial charge in [0.2, 0.25) is 0 Å². The van der Waals surface area contributed by atoms with E-state index in [-0.39, 0.29) is 18.9 Å². The Morgan fingerprint density at radius 2 is 1.79 bits per heavy atom. The van der Waals surface area contributed by atoms with E-state index in [1.165, 1.54) is 0 Å². The summed E-state index contributed by atoms with van der Waals surface area (Å²) in [5, 5.41) is 3.08. The predicted molar refractivity (Wildman–Crippen MR) is 65.6 cm³/mol. The average Bonchev–Trinajstić information content (AvgIpc) is 2.71. The lowest BCUT2D eigenvalue weighted by atomic mass is 10.1. The van der Waals surface area contributed by atoms with Gasteiger partial charge < -0.3 is 10.2 Å². The normalized spacial score (nSPS) is 16.4. The third kappa shape index (κ3) is 3.09. The number of imide groups is 1. The number of hydrogen-bond acceptors (Lipinski definition) is 4. The van der Waals surface area contributed by atoms with Gasteiger partial charge in [-0.1, -0.05) is 30.3 Å². The van der Waals surface area contributed by atoms with Crippen LogP contribution in [0.1, 0.15) is 31.4 Å². The Morgan fingerprint density at radius 1 is 1.21 bits per heavy atom. The number of rotatable bonds is 3. The second kappa shape index (κ2) is 5.51. The van der Waals surface area contributed by atoms with E-state index in [4.69, 9.17) is 4.84 Å². The molecule has 1 aromatic rings. The maximum Gasteiger partial charge on any atom is 0.432 e. The van der Waals surface area contributed by atoms with Crippen molar-refractivity contribution in [2.24, 2.45) is 0 Å². The molecule has 1 N–H and O–H groups in total. The fraction of sp³-hybridized carbons (Fsp3) is 0.308. The maximum absolute atomic E-state index is 11.6. The van der Waals surface area contributed by atoms with E-state index in [2.05, 4.69) is 5.32 Å². The van der Waals surface area contributed by atoms with Crippen molar-refractivity contribution in [3.05, 3.63) is 35.9 Å². The Bertz CT molecular complexity index is 485. The van der Waals surface area contributed by atoms with Gasteiger partial charge in [0.15, 0.2) is 0 Å². The van der Waals surface area contributed by atoms with Crippen molar-refractivity contribution >= 4 is 17.9 Å². The lowest BCUT2D eigenvalue weighted by Crippen LogP contribution is -2.37. The lowest BCUT2D eigenvalue weighted by molar-refractivity contribution is -0.171. The highest BCUT2D eigenvalue weighted by atomic mass is 16.7. The van der Waals surface area contributed by atoms with Gasteiger partial charge in [-0.15, -0.1) is 5.06 Å². The van der Waals surface area contributed by atoms with Crippen LogP contribution in [-0.4, -0.2) is 23.0 Å². The Morgan fingerprint density at radius 3 is 2.37 bits per heavy atom.